The van der Waals surface area contributed by atoms with E-state index in [-0.39, 0.29) is 71.2 Å². The summed E-state index contributed by atoms with van der Waals surface area (Å²) in [7, 11) is 3.16. The van der Waals surface area contributed by atoms with Gasteiger partial charge in [-0.2, -0.15) is 0 Å². The van der Waals surface area contributed by atoms with Crippen LogP contribution in [0.3, 0.4) is 0 Å². The monoisotopic (exact) mass is 746 g/mol. The number of aliphatic hydroxyl groups is 1. The van der Waals surface area contributed by atoms with Crippen molar-refractivity contribution in [3.63, 3.8) is 0 Å². The maximum atomic E-state index is 15.0. The molecule has 0 aromatic heterocycles. The van der Waals surface area contributed by atoms with Crippen molar-refractivity contribution in [2.75, 3.05) is 33.9 Å². The smallest absolute Gasteiger partial charge is 0.325 e. The van der Waals surface area contributed by atoms with E-state index in [0.717, 1.165) is 63.4 Å². The first-order valence-corrected chi connectivity index (χ1v) is 20.4. The second-order valence-corrected chi connectivity index (χ2v) is 19.2. The fourth-order valence-corrected chi connectivity index (χ4v) is 12.2. The SMILES string of the molecule is CCOC(=O)CNC(=O)CN(Cc1ccc(OC)c(OC)c1)C(=O)[C@@]1(C)CC[C@]2(C)CC[C@]3(C)C(=CC=C4[C@@]5(C)CC[C@H](O)C(C)(C)[C@@H]5CC[C@]43C)[C@@H]2C1. The molecule has 9 heteroatoms. The molecular formula is C45H66N2O7. The standard InChI is InChI=1S/C45H66N2O7/c1-11-54-38(50)26-46-37(49)28-47(27-29-12-14-32(52-9)33(24-29)53-10)39(51)42(5)21-20-41(4)22-23-44(7)30(31(41)25-42)13-15-35-43(6)18-17-36(48)40(2,3)34(43)16-19-45(35,44)8/h12-15,24,31,34,36,48H,11,16-23,25-28H2,1-10H3,(H,46,49)/t31-,34-,36-,41+,42-,43-,44+,45+/m0/s1. The Hall–Kier alpha value is -3.33. The predicted octanol–water partition coefficient (Wildman–Crippen LogP) is 7.79. The molecule has 9 nitrogen and oxygen atoms in total. The summed E-state index contributed by atoms with van der Waals surface area (Å²) in [5, 5.41) is 13.8. The van der Waals surface area contributed by atoms with Crippen LogP contribution >= 0.6 is 0 Å². The van der Waals surface area contributed by atoms with Crippen molar-refractivity contribution < 1.29 is 33.7 Å². The lowest BCUT2D eigenvalue weighted by atomic mass is 9.36. The summed E-state index contributed by atoms with van der Waals surface area (Å²) < 4.78 is 16.0. The lowest BCUT2D eigenvalue weighted by molar-refractivity contribution is -0.152. The molecule has 4 saturated carbocycles. The number of hydrogen-bond acceptors (Lipinski definition) is 7. The fraction of sp³-hybridized carbons (Fsp3) is 0.711. The molecule has 5 aliphatic carbocycles. The normalized spacial score (nSPS) is 36.5. The summed E-state index contributed by atoms with van der Waals surface area (Å²) in [5.74, 6) is 0.829. The van der Waals surface area contributed by atoms with Crippen molar-refractivity contribution in [1.82, 2.24) is 10.2 Å². The van der Waals surface area contributed by atoms with Crippen molar-refractivity contribution in [2.45, 2.75) is 126 Å². The maximum absolute atomic E-state index is 15.0. The average molecular weight is 747 g/mol. The van der Waals surface area contributed by atoms with E-state index in [4.69, 9.17) is 14.2 Å². The summed E-state index contributed by atoms with van der Waals surface area (Å²) in [6.45, 7) is 18.4. The van der Waals surface area contributed by atoms with Crippen LogP contribution in [-0.2, 0) is 25.7 Å². The van der Waals surface area contributed by atoms with Gasteiger partial charge >= 0.3 is 5.97 Å². The molecule has 4 fully saturated rings. The van der Waals surface area contributed by atoms with Crippen LogP contribution in [0.25, 0.3) is 0 Å². The summed E-state index contributed by atoms with van der Waals surface area (Å²) in [6, 6.07) is 5.56. The van der Waals surface area contributed by atoms with Gasteiger partial charge in [0.05, 0.1) is 33.5 Å². The zero-order chi connectivity index (χ0) is 39.5. The molecule has 54 heavy (non-hydrogen) atoms. The van der Waals surface area contributed by atoms with E-state index in [1.165, 1.54) is 5.57 Å². The summed E-state index contributed by atoms with van der Waals surface area (Å²) in [6.07, 6.45) is 13.4. The molecule has 0 aliphatic heterocycles. The van der Waals surface area contributed by atoms with E-state index in [1.54, 1.807) is 31.6 Å². The minimum Gasteiger partial charge on any atom is -0.493 e. The Kier molecular flexibility index (Phi) is 10.7. The third-order valence-corrected chi connectivity index (χ3v) is 15.9. The Morgan fingerprint density at radius 1 is 0.870 bits per heavy atom. The summed E-state index contributed by atoms with van der Waals surface area (Å²) in [5.41, 5.74) is 3.14. The second kappa shape index (κ2) is 14.3. The van der Waals surface area contributed by atoms with Crippen molar-refractivity contribution >= 4 is 17.8 Å². The van der Waals surface area contributed by atoms with Crippen LogP contribution in [0.4, 0.5) is 0 Å². The van der Waals surface area contributed by atoms with E-state index in [0.29, 0.717) is 17.4 Å². The van der Waals surface area contributed by atoms with Gasteiger partial charge in [-0.1, -0.05) is 77.8 Å². The number of fused-ring (bicyclic) bond motifs is 7. The number of hydrogen-bond donors (Lipinski definition) is 2. The van der Waals surface area contributed by atoms with Gasteiger partial charge in [-0.25, -0.2) is 0 Å². The average Bonchev–Trinajstić information content (AvgIpc) is 3.13. The second-order valence-electron chi connectivity index (χ2n) is 19.2. The van der Waals surface area contributed by atoms with Crippen LogP contribution < -0.4 is 14.8 Å². The van der Waals surface area contributed by atoms with E-state index in [2.05, 4.69) is 65.9 Å². The van der Waals surface area contributed by atoms with E-state index >= 15 is 4.79 Å². The quantitative estimate of drug-likeness (QED) is 0.235. The van der Waals surface area contributed by atoms with Crippen LogP contribution in [0.2, 0.25) is 0 Å². The highest BCUT2D eigenvalue weighted by atomic mass is 16.5. The molecule has 6 rings (SSSR count). The summed E-state index contributed by atoms with van der Waals surface area (Å²) in [4.78, 5) is 42.1. The maximum Gasteiger partial charge on any atom is 0.325 e. The molecule has 2 N–H and O–H groups in total. The van der Waals surface area contributed by atoms with Gasteiger partial charge < -0.3 is 29.5 Å². The van der Waals surface area contributed by atoms with Crippen molar-refractivity contribution in [2.24, 2.45) is 44.3 Å². The number of nitrogens with zero attached hydrogens (tertiary/aromatic N) is 1. The molecule has 8 atom stereocenters. The van der Waals surface area contributed by atoms with E-state index < -0.39 is 17.3 Å². The van der Waals surface area contributed by atoms with Gasteiger partial charge in [-0.05, 0) is 121 Å². The highest BCUT2D eigenvalue weighted by Crippen LogP contribution is 2.74. The minimum atomic E-state index is -0.695. The number of amides is 2. The van der Waals surface area contributed by atoms with E-state index in [1.807, 2.05) is 18.2 Å². The molecule has 298 valence electrons. The summed E-state index contributed by atoms with van der Waals surface area (Å²) >= 11 is 0. The number of carbonyl (C=O) groups excluding carboxylic acids is 3. The molecular weight excluding hydrogens is 681 g/mol. The van der Waals surface area contributed by atoms with Crippen LogP contribution in [0, 0.1) is 44.3 Å². The highest BCUT2D eigenvalue weighted by Gasteiger charge is 2.66. The predicted molar refractivity (Wildman–Crippen MR) is 210 cm³/mol. The van der Waals surface area contributed by atoms with Crippen molar-refractivity contribution in [3.05, 3.63) is 47.1 Å². The minimum absolute atomic E-state index is 0.00361. The molecule has 0 saturated heterocycles. The topological polar surface area (TPSA) is 114 Å². The highest BCUT2D eigenvalue weighted by molar-refractivity contribution is 5.89. The Labute approximate surface area is 323 Å². The van der Waals surface area contributed by atoms with Crippen LogP contribution in [0.5, 0.6) is 11.5 Å². The Morgan fingerprint density at radius 3 is 2.26 bits per heavy atom. The zero-order valence-electron chi connectivity index (χ0n) is 34.7. The van der Waals surface area contributed by atoms with E-state index in [9.17, 15) is 14.7 Å². The lowest BCUT2D eigenvalue weighted by Gasteiger charge is -2.68. The van der Waals surface area contributed by atoms with Crippen LogP contribution in [-0.4, -0.2) is 67.8 Å². The van der Waals surface area contributed by atoms with Crippen molar-refractivity contribution in [1.29, 1.82) is 0 Å². The first kappa shape index (κ1) is 40.3. The van der Waals surface area contributed by atoms with Gasteiger partial charge in [-0.3, -0.25) is 14.4 Å². The number of allylic oxidation sites excluding steroid dienone is 4. The largest absolute Gasteiger partial charge is 0.493 e. The van der Waals surface area contributed by atoms with Gasteiger partial charge in [0.2, 0.25) is 11.8 Å². The molecule has 5 aliphatic rings. The number of ether oxygens (including phenoxy) is 3. The van der Waals surface area contributed by atoms with Gasteiger partial charge in [0.25, 0.3) is 0 Å². The molecule has 0 bridgehead atoms. The number of esters is 1. The Bertz CT molecular complexity index is 1720. The number of nitrogens with one attached hydrogen (secondary N) is 1. The Balaban J connectivity index is 1.32. The lowest BCUT2D eigenvalue weighted by Crippen LogP contribution is -2.61. The van der Waals surface area contributed by atoms with Gasteiger partial charge in [-0.15, -0.1) is 0 Å². The third-order valence-electron chi connectivity index (χ3n) is 15.9. The molecule has 0 spiro atoms. The molecule has 0 unspecified atom stereocenters. The number of carbonyl (C=O) groups is 3. The van der Waals surface area contributed by atoms with Gasteiger partial charge in [0.1, 0.15) is 6.54 Å². The molecule has 1 aromatic rings. The van der Waals surface area contributed by atoms with Crippen LogP contribution in [0.15, 0.2) is 41.5 Å². The number of aliphatic hydroxyl groups excluding tert-OH is 1. The van der Waals surface area contributed by atoms with Crippen LogP contribution in [0.1, 0.15) is 119 Å². The fourth-order valence-electron chi connectivity index (χ4n) is 12.2. The zero-order valence-corrected chi connectivity index (χ0v) is 34.7. The van der Waals surface area contributed by atoms with Gasteiger partial charge in [0.15, 0.2) is 11.5 Å². The molecule has 1 aromatic carbocycles. The van der Waals surface area contributed by atoms with Crippen molar-refractivity contribution in [3.8, 4) is 11.5 Å². The number of methoxy groups -OCH3 is 2. The first-order chi connectivity index (χ1) is 25.3. The molecule has 0 heterocycles. The Morgan fingerprint density at radius 2 is 1.57 bits per heavy atom. The third kappa shape index (κ3) is 6.48. The number of benzene rings is 1. The number of rotatable bonds is 10. The van der Waals surface area contributed by atoms with Gasteiger partial charge in [0, 0.05) is 12.0 Å². The molecule has 2 amide bonds. The molecule has 0 radical (unpaired) electrons. The first-order valence-electron chi connectivity index (χ1n) is 20.4.